The molecule has 1 N–H and O–H groups in total. The lowest BCUT2D eigenvalue weighted by Gasteiger charge is -2.17. The van der Waals surface area contributed by atoms with E-state index >= 15 is 0 Å². The molecule has 2 aromatic heterocycles. The lowest BCUT2D eigenvalue weighted by Crippen LogP contribution is -2.17. The first kappa shape index (κ1) is 8.92. The van der Waals surface area contributed by atoms with Crippen LogP contribution in [0.15, 0.2) is 24.5 Å². The predicted octanol–water partition coefficient (Wildman–Crippen LogP) is 2.33. The molecule has 0 saturated carbocycles. The number of H-pyrrole nitrogens is 1. The lowest BCUT2D eigenvalue weighted by atomic mass is 10.1. The molecule has 3 heterocycles. The number of aromatic amines is 1. The third-order valence-electron chi connectivity index (χ3n) is 3.32. The first-order valence-corrected chi connectivity index (χ1v) is 5.47. The minimum Gasteiger partial charge on any atom is -0.357 e. The van der Waals surface area contributed by atoms with E-state index in [4.69, 9.17) is 0 Å². The number of likely N-dealkylation sites (tertiary alicyclic amines) is 1. The second kappa shape index (κ2) is 3.35. The van der Waals surface area contributed by atoms with Gasteiger partial charge in [-0.2, -0.15) is 0 Å². The standard InChI is InChI=1S/C12H15N3/c1-15-6-2-3-12(15)11-7-9-8-13-5-4-10(9)14-11/h4-5,7-8,12,14H,2-3,6H2,1H3. The predicted molar refractivity (Wildman–Crippen MR) is 60.7 cm³/mol. The monoisotopic (exact) mass is 201 g/mol. The molecule has 3 heteroatoms. The Kier molecular flexibility index (Phi) is 1.99. The van der Waals surface area contributed by atoms with E-state index in [-0.39, 0.29) is 0 Å². The van der Waals surface area contributed by atoms with Crippen molar-refractivity contribution < 1.29 is 0 Å². The zero-order chi connectivity index (χ0) is 10.3. The number of aromatic nitrogens is 2. The van der Waals surface area contributed by atoms with E-state index in [1.54, 1.807) is 0 Å². The summed E-state index contributed by atoms with van der Waals surface area (Å²) in [6.45, 7) is 1.21. The summed E-state index contributed by atoms with van der Waals surface area (Å²) in [5, 5.41) is 1.22. The molecule has 0 amide bonds. The fraction of sp³-hybridized carbons (Fsp3) is 0.417. The molecule has 1 fully saturated rings. The van der Waals surface area contributed by atoms with E-state index in [9.17, 15) is 0 Å². The van der Waals surface area contributed by atoms with Crippen molar-refractivity contribution in [2.75, 3.05) is 13.6 Å². The number of hydrogen-bond donors (Lipinski definition) is 1. The molecule has 1 aliphatic rings. The largest absolute Gasteiger partial charge is 0.357 e. The highest BCUT2D eigenvalue weighted by atomic mass is 15.2. The Labute approximate surface area is 89.1 Å². The van der Waals surface area contributed by atoms with Gasteiger partial charge < -0.3 is 4.98 Å². The summed E-state index contributed by atoms with van der Waals surface area (Å²) in [7, 11) is 2.20. The van der Waals surface area contributed by atoms with E-state index in [1.165, 1.54) is 36.0 Å². The van der Waals surface area contributed by atoms with Crippen molar-refractivity contribution >= 4 is 10.9 Å². The third-order valence-corrected chi connectivity index (χ3v) is 3.32. The molecule has 1 atom stereocenters. The summed E-state index contributed by atoms with van der Waals surface area (Å²) in [4.78, 5) is 10.0. The normalized spacial score (nSPS) is 22.6. The summed E-state index contributed by atoms with van der Waals surface area (Å²) in [6, 6.07) is 4.83. The molecule has 78 valence electrons. The molecular weight excluding hydrogens is 186 g/mol. The van der Waals surface area contributed by atoms with Crippen LogP contribution in [0.2, 0.25) is 0 Å². The van der Waals surface area contributed by atoms with Gasteiger partial charge in [-0.05, 0) is 38.6 Å². The molecule has 1 aliphatic heterocycles. The number of nitrogens with one attached hydrogen (secondary N) is 1. The second-order valence-electron chi connectivity index (χ2n) is 4.33. The van der Waals surface area contributed by atoms with Crippen molar-refractivity contribution in [3.63, 3.8) is 0 Å². The van der Waals surface area contributed by atoms with E-state index in [1.807, 2.05) is 18.5 Å². The minimum atomic E-state index is 0.567. The molecule has 1 unspecified atom stereocenters. The van der Waals surface area contributed by atoms with Gasteiger partial charge in [0.1, 0.15) is 0 Å². The van der Waals surface area contributed by atoms with Gasteiger partial charge in [0.25, 0.3) is 0 Å². The average molecular weight is 201 g/mol. The highest BCUT2D eigenvalue weighted by Gasteiger charge is 2.23. The summed E-state index contributed by atoms with van der Waals surface area (Å²) < 4.78 is 0. The molecule has 0 aromatic carbocycles. The van der Waals surface area contributed by atoms with E-state index in [0.29, 0.717) is 6.04 Å². The molecule has 0 aliphatic carbocycles. The smallest absolute Gasteiger partial charge is 0.0496 e. The van der Waals surface area contributed by atoms with Gasteiger partial charge in [0, 0.05) is 35.0 Å². The maximum Gasteiger partial charge on any atom is 0.0496 e. The third kappa shape index (κ3) is 1.43. The van der Waals surface area contributed by atoms with Gasteiger partial charge in [-0.25, -0.2) is 0 Å². The van der Waals surface area contributed by atoms with Gasteiger partial charge in [0.05, 0.1) is 0 Å². The first-order chi connectivity index (χ1) is 7.34. The van der Waals surface area contributed by atoms with Crippen molar-refractivity contribution in [3.8, 4) is 0 Å². The fourth-order valence-electron chi connectivity index (χ4n) is 2.48. The van der Waals surface area contributed by atoms with Gasteiger partial charge in [0.15, 0.2) is 0 Å². The summed E-state index contributed by atoms with van der Waals surface area (Å²) in [5.74, 6) is 0. The van der Waals surface area contributed by atoms with Crippen LogP contribution in [0.25, 0.3) is 10.9 Å². The molecule has 2 aromatic rings. The van der Waals surface area contributed by atoms with Crippen molar-refractivity contribution in [2.45, 2.75) is 18.9 Å². The van der Waals surface area contributed by atoms with Crippen molar-refractivity contribution in [1.82, 2.24) is 14.9 Å². The van der Waals surface area contributed by atoms with E-state index in [2.05, 4.69) is 28.0 Å². The zero-order valence-electron chi connectivity index (χ0n) is 8.90. The fourth-order valence-corrected chi connectivity index (χ4v) is 2.48. The quantitative estimate of drug-likeness (QED) is 0.768. The molecule has 0 spiro atoms. The average Bonchev–Trinajstić information content (AvgIpc) is 2.82. The Morgan fingerprint density at radius 2 is 2.47 bits per heavy atom. The molecule has 0 bridgehead atoms. The number of fused-ring (bicyclic) bond motifs is 1. The Balaban J connectivity index is 2.04. The highest BCUT2D eigenvalue weighted by Crippen LogP contribution is 2.31. The van der Waals surface area contributed by atoms with Gasteiger partial charge in [-0.1, -0.05) is 0 Å². The van der Waals surface area contributed by atoms with Crippen molar-refractivity contribution in [1.29, 1.82) is 0 Å². The molecule has 3 nitrogen and oxygen atoms in total. The number of pyridine rings is 1. The number of nitrogens with zero attached hydrogens (tertiary/aromatic N) is 2. The summed E-state index contributed by atoms with van der Waals surface area (Å²) in [6.07, 6.45) is 6.32. The molecular formula is C12H15N3. The van der Waals surface area contributed by atoms with Crippen LogP contribution in [0, 0.1) is 0 Å². The van der Waals surface area contributed by atoms with E-state index in [0.717, 1.165) is 0 Å². The van der Waals surface area contributed by atoms with Crippen LogP contribution in [0.4, 0.5) is 0 Å². The summed E-state index contributed by atoms with van der Waals surface area (Å²) >= 11 is 0. The van der Waals surface area contributed by atoms with E-state index < -0.39 is 0 Å². The van der Waals surface area contributed by atoms with Gasteiger partial charge >= 0.3 is 0 Å². The zero-order valence-corrected chi connectivity index (χ0v) is 8.90. The maximum atomic E-state index is 4.14. The molecule has 3 rings (SSSR count). The van der Waals surface area contributed by atoms with Crippen LogP contribution in [-0.2, 0) is 0 Å². The SMILES string of the molecule is CN1CCCC1c1cc2cnccc2[nH]1. The van der Waals surface area contributed by atoms with Crippen molar-refractivity contribution in [3.05, 3.63) is 30.2 Å². The second-order valence-corrected chi connectivity index (χ2v) is 4.33. The molecule has 0 radical (unpaired) electrons. The topological polar surface area (TPSA) is 31.9 Å². The van der Waals surface area contributed by atoms with Crippen LogP contribution >= 0.6 is 0 Å². The Morgan fingerprint density at radius 1 is 1.53 bits per heavy atom. The van der Waals surface area contributed by atoms with Gasteiger partial charge in [0.2, 0.25) is 0 Å². The van der Waals surface area contributed by atoms with Crippen LogP contribution in [0.1, 0.15) is 24.6 Å². The molecule has 15 heavy (non-hydrogen) atoms. The van der Waals surface area contributed by atoms with Crippen LogP contribution in [-0.4, -0.2) is 28.5 Å². The highest BCUT2D eigenvalue weighted by molar-refractivity contribution is 5.79. The Morgan fingerprint density at radius 3 is 3.20 bits per heavy atom. The summed E-state index contributed by atoms with van der Waals surface area (Å²) in [5.41, 5.74) is 2.53. The minimum absolute atomic E-state index is 0.567. The number of hydrogen-bond acceptors (Lipinski definition) is 2. The Hall–Kier alpha value is -1.35. The first-order valence-electron chi connectivity index (χ1n) is 5.47. The lowest BCUT2D eigenvalue weighted by molar-refractivity contribution is 0.313. The number of rotatable bonds is 1. The van der Waals surface area contributed by atoms with Crippen LogP contribution < -0.4 is 0 Å². The van der Waals surface area contributed by atoms with Crippen molar-refractivity contribution in [2.24, 2.45) is 0 Å². The van der Waals surface area contributed by atoms with Gasteiger partial charge in [-0.3, -0.25) is 9.88 Å². The van der Waals surface area contributed by atoms with Crippen LogP contribution in [0.3, 0.4) is 0 Å². The Bertz CT molecular complexity index is 441. The van der Waals surface area contributed by atoms with Gasteiger partial charge in [-0.15, -0.1) is 0 Å². The maximum absolute atomic E-state index is 4.14. The molecule has 1 saturated heterocycles. The van der Waals surface area contributed by atoms with Crippen LogP contribution in [0.5, 0.6) is 0 Å².